The maximum atomic E-state index is 5.34. The summed E-state index contributed by atoms with van der Waals surface area (Å²) in [5, 5.41) is 11.2. The highest BCUT2D eigenvalue weighted by atomic mass is 16.5. The number of aromatic nitrogens is 3. The molecule has 0 unspecified atom stereocenters. The summed E-state index contributed by atoms with van der Waals surface area (Å²) >= 11 is 0. The van der Waals surface area contributed by atoms with E-state index in [9.17, 15) is 0 Å². The average Bonchev–Trinajstić information content (AvgIpc) is 2.64. The lowest BCUT2D eigenvalue weighted by Crippen LogP contribution is -2.30. The van der Waals surface area contributed by atoms with Crippen LogP contribution in [-0.4, -0.2) is 40.6 Å². The zero-order valence-corrected chi connectivity index (χ0v) is 10.7. The molecule has 0 aromatic carbocycles. The summed E-state index contributed by atoms with van der Waals surface area (Å²) in [5.74, 6) is 1.01. The molecule has 16 heavy (non-hydrogen) atoms. The van der Waals surface area contributed by atoms with E-state index in [4.69, 9.17) is 4.74 Å². The zero-order valence-electron chi connectivity index (χ0n) is 10.7. The maximum Gasteiger partial charge on any atom is 0.133 e. The predicted molar refractivity (Wildman–Crippen MR) is 63.3 cm³/mol. The van der Waals surface area contributed by atoms with Crippen LogP contribution in [0.3, 0.4) is 0 Å². The molecule has 0 bridgehead atoms. The van der Waals surface area contributed by atoms with E-state index >= 15 is 0 Å². The van der Waals surface area contributed by atoms with Gasteiger partial charge in [0, 0.05) is 27.1 Å². The molecule has 1 aromatic rings. The van der Waals surface area contributed by atoms with E-state index < -0.39 is 0 Å². The van der Waals surface area contributed by atoms with Crippen LogP contribution in [0.2, 0.25) is 0 Å². The SMILES string of the molecule is COC(C)(C)CCNCCc1nncn1C. The minimum atomic E-state index is -0.0439. The van der Waals surface area contributed by atoms with Crippen LogP contribution in [0, 0.1) is 0 Å². The largest absolute Gasteiger partial charge is 0.379 e. The van der Waals surface area contributed by atoms with Gasteiger partial charge in [-0.25, -0.2) is 0 Å². The van der Waals surface area contributed by atoms with Crippen LogP contribution in [-0.2, 0) is 18.2 Å². The lowest BCUT2D eigenvalue weighted by atomic mass is 10.1. The van der Waals surface area contributed by atoms with Crippen molar-refractivity contribution >= 4 is 0 Å². The number of nitrogens with zero attached hydrogens (tertiary/aromatic N) is 3. The molecule has 0 atom stereocenters. The fourth-order valence-corrected chi connectivity index (χ4v) is 1.35. The van der Waals surface area contributed by atoms with Crippen molar-refractivity contribution in [3.05, 3.63) is 12.2 Å². The van der Waals surface area contributed by atoms with E-state index in [0.29, 0.717) is 0 Å². The van der Waals surface area contributed by atoms with Gasteiger partial charge in [-0.1, -0.05) is 0 Å². The Morgan fingerprint density at radius 1 is 1.44 bits per heavy atom. The van der Waals surface area contributed by atoms with Gasteiger partial charge >= 0.3 is 0 Å². The van der Waals surface area contributed by atoms with Gasteiger partial charge in [-0.05, 0) is 26.8 Å². The van der Waals surface area contributed by atoms with Gasteiger partial charge in [-0.15, -0.1) is 10.2 Å². The first-order valence-corrected chi connectivity index (χ1v) is 5.64. The highest BCUT2D eigenvalue weighted by molar-refractivity contribution is 4.84. The number of hydrogen-bond donors (Lipinski definition) is 1. The van der Waals surface area contributed by atoms with E-state index in [1.807, 2.05) is 11.6 Å². The van der Waals surface area contributed by atoms with Gasteiger partial charge in [-0.3, -0.25) is 0 Å². The van der Waals surface area contributed by atoms with Crippen molar-refractivity contribution in [2.24, 2.45) is 7.05 Å². The number of hydrogen-bond acceptors (Lipinski definition) is 4. The minimum Gasteiger partial charge on any atom is -0.379 e. The summed E-state index contributed by atoms with van der Waals surface area (Å²) < 4.78 is 7.29. The molecular formula is C11H22N4O. The van der Waals surface area contributed by atoms with E-state index in [-0.39, 0.29) is 5.60 Å². The Kier molecular flexibility index (Phi) is 4.89. The highest BCUT2D eigenvalue weighted by Crippen LogP contribution is 2.11. The second kappa shape index (κ2) is 5.96. The summed E-state index contributed by atoms with van der Waals surface area (Å²) in [7, 11) is 3.71. The molecule has 92 valence electrons. The van der Waals surface area contributed by atoms with E-state index in [0.717, 1.165) is 31.8 Å². The van der Waals surface area contributed by atoms with E-state index in [2.05, 4.69) is 29.4 Å². The standard InChI is InChI=1S/C11H22N4O/c1-11(2,16-4)6-8-12-7-5-10-14-13-9-15(10)3/h9,12H,5-8H2,1-4H3. The van der Waals surface area contributed by atoms with Gasteiger partial charge in [0.1, 0.15) is 12.2 Å². The number of aryl methyl sites for hydroxylation is 1. The van der Waals surface area contributed by atoms with Crippen molar-refractivity contribution in [3.63, 3.8) is 0 Å². The van der Waals surface area contributed by atoms with E-state index in [1.54, 1.807) is 13.4 Å². The van der Waals surface area contributed by atoms with Gasteiger partial charge in [0.2, 0.25) is 0 Å². The van der Waals surface area contributed by atoms with Crippen LogP contribution in [0.15, 0.2) is 6.33 Å². The first kappa shape index (κ1) is 13.1. The Labute approximate surface area is 97.2 Å². The molecule has 0 fully saturated rings. The third-order valence-electron chi connectivity index (χ3n) is 2.79. The van der Waals surface area contributed by atoms with Gasteiger partial charge in [0.05, 0.1) is 5.60 Å². The lowest BCUT2D eigenvalue weighted by Gasteiger charge is -2.22. The second-order valence-corrected chi connectivity index (χ2v) is 4.57. The van der Waals surface area contributed by atoms with Crippen molar-refractivity contribution in [2.75, 3.05) is 20.2 Å². The molecule has 0 aliphatic rings. The van der Waals surface area contributed by atoms with Gasteiger partial charge in [0.15, 0.2) is 0 Å². The fourth-order valence-electron chi connectivity index (χ4n) is 1.35. The summed E-state index contributed by atoms with van der Waals surface area (Å²) in [6.45, 7) is 6.07. The highest BCUT2D eigenvalue weighted by Gasteiger charge is 2.14. The van der Waals surface area contributed by atoms with Crippen LogP contribution >= 0.6 is 0 Å². The molecule has 5 heteroatoms. The Balaban J connectivity index is 2.11. The molecule has 0 saturated carbocycles. The zero-order chi connectivity index (χ0) is 12.0. The molecular weight excluding hydrogens is 204 g/mol. The van der Waals surface area contributed by atoms with Gasteiger partial charge in [0.25, 0.3) is 0 Å². The van der Waals surface area contributed by atoms with Crippen LogP contribution < -0.4 is 5.32 Å². The maximum absolute atomic E-state index is 5.34. The third-order valence-corrected chi connectivity index (χ3v) is 2.79. The smallest absolute Gasteiger partial charge is 0.133 e. The molecule has 0 saturated heterocycles. The van der Waals surface area contributed by atoms with Crippen molar-refractivity contribution in [1.29, 1.82) is 0 Å². The van der Waals surface area contributed by atoms with Crippen LogP contribution in [0.25, 0.3) is 0 Å². The Bertz CT molecular complexity index is 309. The molecule has 0 aliphatic carbocycles. The fraction of sp³-hybridized carbons (Fsp3) is 0.818. The summed E-state index contributed by atoms with van der Waals surface area (Å²) in [5.41, 5.74) is -0.0439. The molecule has 1 aromatic heterocycles. The molecule has 0 spiro atoms. The van der Waals surface area contributed by atoms with Crippen LogP contribution in [0.4, 0.5) is 0 Å². The molecule has 0 aliphatic heterocycles. The first-order valence-electron chi connectivity index (χ1n) is 5.64. The van der Waals surface area contributed by atoms with E-state index in [1.165, 1.54) is 0 Å². The monoisotopic (exact) mass is 226 g/mol. The average molecular weight is 226 g/mol. The van der Waals surface area contributed by atoms with Crippen LogP contribution in [0.5, 0.6) is 0 Å². The topological polar surface area (TPSA) is 52.0 Å². The predicted octanol–water partition coefficient (Wildman–Crippen LogP) is 0.762. The summed E-state index contributed by atoms with van der Waals surface area (Å²) in [4.78, 5) is 0. The van der Waals surface area contributed by atoms with Crippen molar-refractivity contribution in [2.45, 2.75) is 32.3 Å². The second-order valence-electron chi connectivity index (χ2n) is 4.57. The number of rotatable bonds is 7. The molecule has 0 radical (unpaired) electrons. The van der Waals surface area contributed by atoms with Crippen molar-refractivity contribution < 1.29 is 4.74 Å². The molecule has 1 N–H and O–H groups in total. The summed E-state index contributed by atoms with van der Waals surface area (Å²) in [6, 6.07) is 0. The summed E-state index contributed by atoms with van der Waals surface area (Å²) in [6.07, 6.45) is 3.63. The quantitative estimate of drug-likeness (QED) is 0.697. The molecule has 0 amide bonds. The molecule has 1 rings (SSSR count). The van der Waals surface area contributed by atoms with Crippen LogP contribution in [0.1, 0.15) is 26.1 Å². The normalized spacial score (nSPS) is 12.0. The number of methoxy groups -OCH3 is 1. The minimum absolute atomic E-state index is 0.0439. The molecule has 1 heterocycles. The van der Waals surface area contributed by atoms with Gasteiger partial charge < -0.3 is 14.6 Å². The first-order chi connectivity index (χ1) is 7.55. The van der Waals surface area contributed by atoms with Crippen molar-refractivity contribution in [1.82, 2.24) is 20.1 Å². The number of ether oxygens (including phenoxy) is 1. The van der Waals surface area contributed by atoms with Crippen molar-refractivity contribution in [3.8, 4) is 0 Å². The Hall–Kier alpha value is -0.940. The Morgan fingerprint density at radius 2 is 2.19 bits per heavy atom. The molecule has 5 nitrogen and oxygen atoms in total. The van der Waals surface area contributed by atoms with Gasteiger partial charge in [-0.2, -0.15) is 0 Å². The third kappa shape index (κ3) is 4.28. The lowest BCUT2D eigenvalue weighted by molar-refractivity contribution is 0.0159. The number of nitrogens with one attached hydrogen (secondary N) is 1. The Morgan fingerprint density at radius 3 is 2.75 bits per heavy atom.